The predicted molar refractivity (Wildman–Crippen MR) is 81.3 cm³/mol. The van der Waals surface area contributed by atoms with Crippen LogP contribution in [0.15, 0.2) is 23.8 Å². The molecule has 0 aliphatic heterocycles. The van der Waals surface area contributed by atoms with E-state index < -0.39 is 41.5 Å². The number of nitrogens with one attached hydrogen (secondary N) is 1. The number of ether oxygens (including phenoxy) is 2. The van der Waals surface area contributed by atoms with Crippen molar-refractivity contribution in [3.8, 4) is 0 Å². The molecule has 8 nitrogen and oxygen atoms in total. The van der Waals surface area contributed by atoms with Crippen molar-refractivity contribution in [2.24, 2.45) is 0 Å². The first-order chi connectivity index (χ1) is 11.4. The SMILES string of the molecule is CCOC(=O)CNC(=O)C1=C(O)c2cccc(C(=O)OC)c2C1=O. The van der Waals surface area contributed by atoms with Gasteiger partial charge in [0.2, 0.25) is 5.78 Å². The third-order valence-corrected chi connectivity index (χ3v) is 3.34. The predicted octanol–water partition coefficient (Wildman–Crippen LogP) is 0.618. The average molecular weight is 333 g/mol. The van der Waals surface area contributed by atoms with Gasteiger partial charge in [0.05, 0.1) is 19.3 Å². The molecule has 8 heteroatoms. The highest BCUT2D eigenvalue weighted by Gasteiger charge is 2.37. The number of aliphatic hydroxyl groups is 1. The van der Waals surface area contributed by atoms with Gasteiger partial charge in [0, 0.05) is 11.1 Å². The van der Waals surface area contributed by atoms with Gasteiger partial charge in [-0.1, -0.05) is 12.1 Å². The number of esters is 2. The van der Waals surface area contributed by atoms with Gasteiger partial charge >= 0.3 is 11.9 Å². The molecule has 0 saturated carbocycles. The van der Waals surface area contributed by atoms with Gasteiger partial charge in [-0.2, -0.15) is 0 Å². The van der Waals surface area contributed by atoms with E-state index in [2.05, 4.69) is 14.8 Å². The first kappa shape index (κ1) is 17.2. The maximum absolute atomic E-state index is 12.5. The molecule has 1 aliphatic carbocycles. The summed E-state index contributed by atoms with van der Waals surface area (Å²) in [7, 11) is 1.15. The van der Waals surface area contributed by atoms with Crippen LogP contribution in [-0.4, -0.2) is 49.0 Å². The number of hydrogen-bond acceptors (Lipinski definition) is 7. The molecule has 1 amide bonds. The van der Waals surface area contributed by atoms with Crippen LogP contribution in [0, 0.1) is 0 Å². The minimum Gasteiger partial charge on any atom is -0.506 e. The van der Waals surface area contributed by atoms with Crippen LogP contribution in [0.1, 0.15) is 33.2 Å². The summed E-state index contributed by atoms with van der Waals surface area (Å²) in [5, 5.41) is 12.4. The number of aliphatic hydroxyl groups excluding tert-OH is 1. The summed E-state index contributed by atoms with van der Waals surface area (Å²) >= 11 is 0. The minimum atomic E-state index is -0.933. The van der Waals surface area contributed by atoms with Gasteiger partial charge in [0.25, 0.3) is 5.91 Å². The molecular formula is C16H15NO7. The minimum absolute atomic E-state index is 0.0558. The molecule has 1 aliphatic rings. The van der Waals surface area contributed by atoms with E-state index in [1.807, 2.05) is 0 Å². The van der Waals surface area contributed by atoms with Crippen molar-refractivity contribution in [1.82, 2.24) is 5.32 Å². The van der Waals surface area contributed by atoms with Crippen molar-refractivity contribution in [2.75, 3.05) is 20.3 Å². The van der Waals surface area contributed by atoms with Crippen LogP contribution in [0.5, 0.6) is 0 Å². The molecule has 2 N–H and O–H groups in total. The van der Waals surface area contributed by atoms with Gasteiger partial charge < -0.3 is 19.9 Å². The molecule has 0 saturated heterocycles. The second-order valence-electron chi connectivity index (χ2n) is 4.76. The van der Waals surface area contributed by atoms with Gasteiger partial charge in [0.1, 0.15) is 17.9 Å². The molecule has 0 fully saturated rings. The Hall–Kier alpha value is -3.16. The summed E-state index contributed by atoms with van der Waals surface area (Å²) in [6.45, 7) is 1.31. The fourth-order valence-corrected chi connectivity index (χ4v) is 2.31. The van der Waals surface area contributed by atoms with Crippen LogP contribution in [0.2, 0.25) is 0 Å². The van der Waals surface area contributed by atoms with Crippen molar-refractivity contribution in [1.29, 1.82) is 0 Å². The van der Waals surface area contributed by atoms with Crippen molar-refractivity contribution in [3.05, 3.63) is 40.5 Å². The molecule has 1 aromatic carbocycles. The smallest absolute Gasteiger partial charge is 0.338 e. The second kappa shape index (κ2) is 6.95. The van der Waals surface area contributed by atoms with E-state index in [1.165, 1.54) is 18.2 Å². The number of amides is 1. The number of ketones is 1. The number of Topliss-reactive ketones (excluding diaryl/α,β-unsaturated/α-hetero) is 1. The Morgan fingerprint density at radius 2 is 1.96 bits per heavy atom. The lowest BCUT2D eigenvalue weighted by Crippen LogP contribution is -2.33. The molecular weight excluding hydrogens is 318 g/mol. The summed E-state index contributed by atoms with van der Waals surface area (Å²) in [4.78, 5) is 47.6. The fraction of sp³-hybridized carbons (Fsp3) is 0.250. The molecule has 1 aromatic rings. The zero-order valence-corrected chi connectivity index (χ0v) is 13.0. The van der Waals surface area contributed by atoms with Crippen LogP contribution in [0.25, 0.3) is 5.76 Å². The lowest BCUT2D eigenvalue weighted by atomic mass is 10.0. The van der Waals surface area contributed by atoms with Crippen LogP contribution in [0.4, 0.5) is 0 Å². The summed E-state index contributed by atoms with van der Waals surface area (Å²) in [6.07, 6.45) is 0. The third-order valence-electron chi connectivity index (χ3n) is 3.34. The van der Waals surface area contributed by atoms with E-state index in [0.29, 0.717) is 0 Å². The van der Waals surface area contributed by atoms with Crippen molar-refractivity contribution >= 4 is 29.4 Å². The largest absolute Gasteiger partial charge is 0.506 e. The zero-order chi connectivity index (χ0) is 17.9. The first-order valence-electron chi connectivity index (χ1n) is 7.05. The Bertz CT molecular complexity index is 764. The van der Waals surface area contributed by atoms with Gasteiger partial charge in [-0.3, -0.25) is 14.4 Å². The molecule has 0 atom stereocenters. The van der Waals surface area contributed by atoms with Gasteiger partial charge in [0.15, 0.2) is 0 Å². The van der Waals surface area contributed by atoms with E-state index in [-0.39, 0.29) is 23.3 Å². The molecule has 126 valence electrons. The number of carbonyl (C=O) groups excluding carboxylic acids is 4. The summed E-state index contributed by atoms with van der Waals surface area (Å²) in [5.74, 6) is -3.74. The van der Waals surface area contributed by atoms with Crippen LogP contribution in [-0.2, 0) is 19.1 Å². The van der Waals surface area contributed by atoms with E-state index in [4.69, 9.17) is 0 Å². The number of fused-ring (bicyclic) bond motifs is 1. The Balaban J connectivity index is 2.29. The lowest BCUT2D eigenvalue weighted by molar-refractivity contribution is -0.143. The van der Waals surface area contributed by atoms with E-state index >= 15 is 0 Å². The van der Waals surface area contributed by atoms with Crippen molar-refractivity contribution in [2.45, 2.75) is 6.92 Å². The summed E-state index contributed by atoms with van der Waals surface area (Å²) < 4.78 is 9.25. The van der Waals surface area contributed by atoms with Crippen LogP contribution < -0.4 is 5.32 Å². The number of hydrogen-bond donors (Lipinski definition) is 2. The van der Waals surface area contributed by atoms with Crippen molar-refractivity contribution < 1.29 is 33.8 Å². The Morgan fingerprint density at radius 3 is 2.58 bits per heavy atom. The Morgan fingerprint density at radius 1 is 1.25 bits per heavy atom. The molecule has 0 radical (unpaired) electrons. The monoisotopic (exact) mass is 333 g/mol. The maximum atomic E-state index is 12.5. The van der Waals surface area contributed by atoms with Crippen molar-refractivity contribution in [3.63, 3.8) is 0 Å². The standard InChI is InChI=1S/C16H15NO7/c1-3-24-10(18)7-17-15(21)12-13(19)8-5-4-6-9(16(22)23-2)11(8)14(12)20/h4-6,19H,3,7H2,1-2H3,(H,17,21). The number of carbonyl (C=O) groups is 4. The summed E-state index contributed by atoms with van der Waals surface area (Å²) in [6, 6.07) is 4.21. The number of methoxy groups -OCH3 is 1. The van der Waals surface area contributed by atoms with Crippen LogP contribution >= 0.6 is 0 Å². The molecule has 0 unspecified atom stereocenters. The fourth-order valence-electron chi connectivity index (χ4n) is 2.31. The van der Waals surface area contributed by atoms with E-state index in [0.717, 1.165) is 7.11 Å². The molecule has 24 heavy (non-hydrogen) atoms. The van der Waals surface area contributed by atoms with Gasteiger partial charge in [-0.25, -0.2) is 4.79 Å². The molecule has 0 aromatic heterocycles. The lowest BCUT2D eigenvalue weighted by Gasteiger charge is -2.06. The molecule has 0 heterocycles. The zero-order valence-electron chi connectivity index (χ0n) is 13.0. The highest BCUT2D eigenvalue weighted by atomic mass is 16.5. The number of rotatable bonds is 5. The van der Waals surface area contributed by atoms with Crippen LogP contribution in [0.3, 0.4) is 0 Å². The second-order valence-corrected chi connectivity index (χ2v) is 4.76. The Kier molecular flexibility index (Phi) is 4.98. The highest BCUT2D eigenvalue weighted by molar-refractivity contribution is 6.35. The first-order valence-corrected chi connectivity index (χ1v) is 7.05. The number of benzene rings is 1. The van der Waals surface area contributed by atoms with Gasteiger partial charge in [-0.05, 0) is 13.0 Å². The summed E-state index contributed by atoms with van der Waals surface area (Å²) in [5.41, 5.74) is -0.641. The molecule has 0 spiro atoms. The van der Waals surface area contributed by atoms with E-state index in [9.17, 15) is 24.3 Å². The normalized spacial score (nSPS) is 12.7. The Labute approximate surface area is 137 Å². The molecule has 0 bridgehead atoms. The maximum Gasteiger partial charge on any atom is 0.338 e. The third kappa shape index (κ3) is 2.98. The average Bonchev–Trinajstić information content (AvgIpc) is 2.83. The highest BCUT2D eigenvalue weighted by Crippen LogP contribution is 2.33. The quantitative estimate of drug-likeness (QED) is 0.599. The topological polar surface area (TPSA) is 119 Å². The van der Waals surface area contributed by atoms with Gasteiger partial charge in [-0.15, -0.1) is 0 Å². The molecule has 2 rings (SSSR count). The van der Waals surface area contributed by atoms with E-state index in [1.54, 1.807) is 6.92 Å².